The van der Waals surface area contributed by atoms with Crippen molar-refractivity contribution in [1.29, 1.82) is 0 Å². The third kappa shape index (κ3) is 6.27. The van der Waals surface area contributed by atoms with E-state index in [2.05, 4.69) is 9.97 Å². The molecule has 3 aromatic rings. The van der Waals surface area contributed by atoms with E-state index < -0.39 is 18.0 Å². The predicted molar refractivity (Wildman–Crippen MR) is 180 cm³/mol. The summed E-state index contributed by atoms with van der Waals surface area (Å²) < 4.78 is 6.04. The fraction of sp³-hybridized carbons (Fsp3) is 0.389. The molecule has 2 atom stereocenters. The summed E-state index contributed by atoms with van der Waals surface area (Å²) in [6.45, 7) is 14.1. The highest BCUT2D eigenvalue weighted by Gasteiger charge is 2.24. The number of ether oxygens (including phenoxy) is 1. The molecule has 2 aliphatic rings. The average molecular weight is 627 g/mol. The van der Waals surface area contributed by atoms with Crippen molar-refractivity contribution >= 4 is 56.3 Å². The lowest BCUT2D eigenvalue weighted by Gasteiger charge is -2.14. The Morgan fingerprint density at radius 1 is 0.761 bits per heavy atom. The van der Waals surface area contributed by atoms with E-state index in [1.54, 1.807) is 6.92 Å². The van der Waals surface area contributed by atoms with Crippen molar-refractivity contribution in [2.45, 2.75) is 86.4 Å². The largest absolute Gasteiger partial charge is 0.481 e. The number of aliphatic hydroxyl groups excluding tert-OH is 1. The number of carboxylic acid groups (broad SMARTS) is 2. The van der Waals surface area contributed by atoms with Crippen molar-refractivity contribution in [1.82, 2.24) is 19.9 Å². The minimum Gasteiger partial charge on any atom is -0.481 e. The van der Waals surface area contributed by atoms with Crippen LogP contribution in [0, 0.1) is 13.8 Å². The summed E-state index contributed by atoms with van der Waals surface area (Å²) in [5.74, 6) is -1.80. The molecule has 3 aromatic heterocycles. The third-order valence-electron chi connectivity index (χ3n) is 9.05. The molecule has 5 rings (SSSR count). The molecule has 10 heteroatoms. The van der Waals surface area contributed by atoms with Gasteiger partial charge in [-0.2, -0.15) is 0 Å². The number of carboxylic acids is 2. The van der Waals surface area contributed by atoms with E-state index in [1.807, 2.05) is 65.8 Å². The molecule has 0 saturated heterocycles. The Labute approximate surface area is 267 Å². The van der Waals surface area contributed by atoms with Gasteiger partial charge < -0.3 is 30.0 Å². The Bertz CT molecular complexity index is 1960. The van der Waals surface area contributed by atoms with Crippen LogP contribution in [-0.2, 0) is 20.7 Å². The minimum absolute atomic E-state index is 0.0451. The van der Waals surface area contributed by atoms with E-state index in [0.717, 1.165) is 72.5 Å². The van der Waals surface area contributed by atoms with Gasteiger partial charge in [0.15, 0.2) is 0 Å². The lowest BCUT2D eigenvalue weighted by Crippen LogP contribution is -2.10. The first-order chi connectivity index (χ1) is 21.8. The number of hydrogen-bond donors (Lipinski definition) is 5. The zero-order valence-electron chi connectivity index (χ0n) is 27.5. The van der Waals surface area contributed by atoms with Crippen molar-refractivity contribution in [3.8, 4) is 0 Å². The standard InChI is InChI=1S/C36H42N4O6/c1-8-46-22(7)36-20(5)27-13-25-17(2)23(9-11-33(42)43)29(37-25)16-30-24(10-12-34(44)45)18(3)26(38-30)14-31-35(21(6)41)19(4)28(39-31)15-32(36)40-27/h13-16,21-22,37,39,41H,8-12H2,1-7H3,(H,42,43)(H,44,45). The summed E-state index contributed by atoms with van der Waals surface area (Å²) in [6, 6.07) is 7.77. The lowest BCUT2D eigenvalue weighted by molar-refractivity contribution is -0.137. The molecule has 5 heterocycles. The molecule has 0 spiro atoms. The number of rotatable bonds is 10. The summed E-state index contributed by atoms with van der Waals surface area (Å²) >= 11 is 0. The number of allylic oxidation sites excluding steroid dienone is 3. The average Bonchev–Trinajstić information content (AvgIpc) is 3.64. The van der Waals surface area contributed by atoms with Gasteiger partial charge >= 0.3 is 11.9 Å². The minimum atomic E-state index is -0.906. The van der Waals surface area contributed by atoms with Gasteiger partial charge in [0.1, 0.15) is 0 Å². The van der Waals surface area contributed by atoms with Gasteiger partial charge in [0.2, 0.25) is 0 Å². The van der Waals surface area contributed by atoms with E-state index in [1.165, 1.54) is 0 Å². The van der Waals surface area contributed by atoms with Crippen LogP contribution in [0.2, 0.25) is 0 Å². The number of fused-ring (bicyclic) bond motifs is 8. The van der Waals surface area contributed by atoms with Gasteiger partial charge in [-0.15, -0.1) is 0 Å². The van der Waals surface area contributed by atoms with Crippen LogP contribution in [0.4, 0.5) is 0 Å². The maximum atomic E-state index is 11.6. The van der Waals surface area contributed by atoms with Crippen LogP contribution in [0.15, 0.2) is 24.3 Å². The normalized spacial score (nSPS) is 14.6. The second-order valence-electron chi connectivity index (χ2n) is 12.1. The van der Waals surface area contributed by atoms with E-state index in [-0.39, 0.29) is 25.4 Å². The number of aliphatic carboxylic acids is 2. The van der Waals surface area contributed by atoms with Crippen LogP contribution in [-0.4, -0.2) is 59.9 Å². The number of aliphatic hydroxyl groups is 1. The SMILES string of the molecule is CCOC(C)C1=C(C)c2cc3[nH]c(cc4nc(cc5[nH]c(cc1n2)c(C)c5C(C)O)C(C)=C4CCC(=O)O)c(CCC(=O)O)c3C. The molecule has 0 aliphatic carbocycles. The number of hydrogen-bond acceptors (Lipinski definition) is 6. The first-order valence-electron chi connectivity index (χ1n) is 15.7. The van der Waals surface area contributed by atoms with E-state index in [0.29, 0.717) is 29.9 Å². The smallest absolute Gasteiger partial charge is 0.303 e. The summed E-state index contributed by atoms with van der Waals surface area (Å²) in [4.78, 5) is 40.3. The molecule has 0 amide bonds. The number of aromatic nitrogens is 4. The van der Waals surface area contributed by atoms with Gasteiger partial charge in [0.25, 0.3) is 0 Å². The van der Waals surface area contributed by atoms with E-state index in [9.17, 15) is 24.9 Å². The molecule has 0 saturated carbocycles. The van der Waals surface area contributed by atoms with Crippen molar-refractivity contribution in [2.24, 2.45) is 0 Å². The van der Waals surface area contributed by atoms with E-state index in [4.69, 9.17) is 14.7 Å². The van der Waals surface area contributed by atoms with Crippen molar-refractivity contribution in [2.75, 3.05) is 6.61 Å². The van der Waals surface area contributed by atoms with Gasteiger partial charge in [-0.3, -0.25) is 9.59 Å². The summed E-state index contributed by atoms with van der Waals surface area (Å²) in [7, 11) is 0. The highest BCUT2D eigenvalue weighted by molar-refractivity contribution is 5.96. The molecule has 2 unspecified atom stereocenters. The van der Waals surface area contributed by atoms with Crippen molar-refractivity contribution in [3.63, 3.8) is 0 Å². The second kappa shape index (κ2) is 13.1. The summed E-state index contributed by atoms with van der Waals surface area (Å²) in [5, 5.41) is 29.9. The number of nitrogens with zero attached hydrogens (tertiary/aromatic N) is 2. The molecule has 8 bridgehead atoms. The molecule has 46 heavy (non-hydrogen) atoms. The molecule has 2 aliphatic heterocycles. The maximum Gasteiger partial charge on any atom is 0.303 e. The van der Waals surface area contributed by atoms with Gasteiger partial charge in [0, 0.05) is 52.7 Å². The first-order valence-corrected chi connectivity index (χ1v) is 15.7. The Balaban J connectivity index is 1.94. The number of nitrogens with one attached hydrogen (secondary N) is 2. The third-order valence-corrected chi connectivity index (χ3v) is 9.05. The van der Waals surface area contributed by atoms with Crippen LogP contribution in [0.5, 0.6) is 0 Å². The van der Waals surface area contributed by atoms with Gasteiger partial charge in [-0.05, 0) is 119 Å². The molecule has 0 radical (unpaired) electrons. The summed E-state index contributed by atoms with van der Waals surface area (Å²) in [5.41, 5.74) is 12.8. The number of aromatic amines is 2. The molecular weight excluding hydrogens is 584 g/mol. The molecule has 242 valence electrons. The number of H-pyrrole nitrogens is 2. The molecule has 5 N–H and O–H groups in total. The highest BCUT2D eigenvalue weighted by Crippen LogP contribution is 2.38. The molecule has 0 aromatic carbocycles. The fourth-order valence-electron chi connectivity index (χ4n) is 6.63. The second-order valence-corrected chi connectivity index (χ2v) is 12.1. The van der Waals surface area contributed by atoms with Crippen LogP contribution >= 0.6 is 0 Å². The molecule has 0 fully saturated rings. The number of aryl methyl sites for hydroxylation is 3. The predicted octanol–water partition coefficient (Wildman–Crippen LogP) is 7.15. The van der Waals surface area contributed by atoms with Crippen molar-refractivity contribution in [3.05, 3.63) is 69.3 Å². The Hall–Kier alpha value is -4.54. The van der Waals surface area contributed by atoms with Crippen LogP contribution in [0.3, 0.4) is 0 Å². The highest BCUT2D eigenvalue weighted by atomic mass is 16.5. The van der Waals surface area contributed by atoms with Gasteiger partial charge in [-0.25, -0.2) is 9.97 Å². The van der Waals surface area contributed by atoms with Crippen LogP contribution in [0.1, 0.15) is 105 Å². The van der Waals surface area contributed by atoms with Crippen LogP contribution in [0.25, 0.3) is 44.4 Å². The quantitative estimate of drug-likeness (QED) is 0.158. The Kier molecular flexibility index (Phi) is 9.32. The zero-order chi connectivity index (χ0) is 33.4. The van der Waals surface area contributed by atoms with Crippen LogP contribution < -0.4 is 0 Å². The topological polar surface area (TPSA) is 161 Å². The maximum absolute atomic E-state index is 11.6. The lowest BCUT2D eigenvalue weighted by atomic mass is 9.99. The Morgan fingerprint density at radius 2 is 1.30 bits per heavy atom. The van der Waals surface area contributed by atoms with Crippen molar-refractivity contribution < 1.29 is 29.6 Å². The summed E-state index contributed by atoms with van der Waals surface area (Å²) in [6.07, 6.45) is -0.505. The fourth-order valence-corrected chi connectivity index (χ4v) is 6.63. The monoisotopic (exact) mass is 626 g/mol. The first kappa shape index (κ1) is 32.8. The van der Waals surface area contributed by atoms with Gasteiger partial charge in [-0.1, -0.05) is 0 Å². The van der Waals surface area contributed by atoms with Gasteiger partial charge in [0.05, 0.1) is 35.0 Å². The molecular formula is C36H42N4O6. The number of carbonyl (C=O) groups is 2. The van der Waals surface area contributed by atoms with E-state index >= 15 is 0 Å². The Morgan fingerprint density at radius 3 is 1.96 bits per heavy atom. The zero-order valence-corrected chi connectivity index (χ0v) is 27.5. The molecule has 10 nitrogen and oxygen atoms in total.